The van der Waals surface area contributed by atoms with Gasteiger partial charge in [-0.3, -0.25) is 0 Å². The van der Waals surface area contributed by atoms with Gasteiger partial charge in [-0.2, -0.15) is 8.42 Å². The van der Waals surface area contributed by atoms with Crippen molar-refractivity contribution in [2.75, 3.05) is 19.8 Å². The van der Waals surface area contributed by atoms with Crippen LogP contribution in [-0.2, 0) is 17.9 Å². The molecule has 1 aromatic rings. The molecule has 0 saturated heterocycles. The van der Waals surface area contributed by atoms with Crippen LogP contribution < -0.4 is 10.6 Å². The minimum Gasteiger partial charge on any atom is -0.397 e. The lowest BCUT2D eigenvalue weighted by Gasteiger charge is -2.14. The standard InChI is InChI=1S/C8H11Cl2N3O4S2/c1-13(2)12-19(16,17)18(14,15)8-4-5(9)7(11)3-6(8)10/h3-4,12H,11H2,1-2H3. The van der Waals surface area contributed by atoms with Crippen LogP contribution in [-0.4, -0.2) is 35.9 Å². The molecule has 11 heteroatoms. The Morgan fingerprint density at radius 2 is 1.63 bits per heavy atom. The maximum Gasteiger partial charge on any atom is 0.334 e. The van der Waals surface area contributed by atoms with E-state index in [2.05, 4.69) is 0 Å². The summed E-state index contributed by atoms with van der Waals surface area (Å²) >= 11 is 11.4. The van der Waals surface area contributed by atoms with Crippen molar-refractivity contribution in [3.05, 3.63) is 22.2 Å². The zero-order valence-corrected chi connectivity index (χ0v) is 13.0. The van der Waals surface area contributed by atoms with Crippen molar-refractivity contribution in [1.29, 1.82) is 0 Å². The smallest absolute Gasteiger partial charge is 0.334 e. The molecular formula is C8H11Cl2N3O4S2. The number of nitrogen functional groups attached to an aromatic ring is 1. The number of anilines is 1. The summed E-state index contributed by atoms with van der Waals surface area (Å²) in [6.45, 7) is 0. The van der Waals surface area contributed by atoms with Gasteiger partial charge in [-0.25, -0.2) is 13.4 Å². The van der Waals surface area contributed by atoms with Crippen molar-refractivity contribution in [1.82, 2.24) is 9.84 Å². The maximum atomic E-state index is 12.0. The average molecular weight is 348 g/mol. The Hall–Kier alpha value is -0.580. The highest BCUT2D eigenvalue weighted by Gasteiger charge is 2.34. The molecule has 0 aliphatic rings. The van der Waals surface area contributed by atoms with Crippen LogP contribution >= 0.6 is 23.2 Å². The quantitative estimate of drug-likeness (QED) is 0.470. The number of benzene rings is 1. The van der Waals surface area contributed by atoms with Gasteiger partial charge in [0.2, 0.25) is 0 Å². The molecule has 0 radical (unpaired) electrons. The van der Waals surface area contributed by atoms with Crippen LogP contribution in [0.3, 0.4) is 0 Å². The SMILES string of the molecule is CN(C)NS(=O)(=O)S(=O)(=O)c1cc(Cl)c(N)cc1Cl. The molecule has 1 rings (SSSR count). The van der Waals surface area contributed by atoms with Crippen molar-refractivity contribution < 1.29 is 16.8 Å². The van der Waals surface area contributed by atoms with Gasteiger partial charge in [0.25, 0.3) is 8.87 Å². The van der Waals surface area contributed by atoms with Gasteiger partial charge in [0.15, 0.2) is 0 Å². The lowest BCUT2D eigenvalue weighted by molar-refractivity contribution is 0.367. The van der Waals surface area contributed by atoms with Crippen LogP contribution in [0.5, 0.6) is 0 Å². The number of nitrogens with two attached hydrogens (primary N) is 1. The molecule has 0 amide bonds. The van der Waals surface area contributed by atoms with Gasteiger partial charge >= 0.3 is 9.06 Å². The molecule has 1 aromatic carbocycles. The van der Waals surface area contributed by atoms with Crippen LogP contribution in [0.15, 0.2) is 17.0 Å². The van der Waals surface area contributed by atoms with E-state index in [9.17, 15) is 16.8 Å². The third kappa shape index (κ3) is 3.30. The molecule has 0 aromatic heterocycles. The van der Waals surface area contributed by atoms with Gasteiger partial charge in [0.1, 0.15) is 4.90 Å². The molecule has 0 atom stereocenters. The lowest BCUT2D eigenvalue weighted by atomic mass is 10.3. The first-order valence-corrected chi connectivity index (χ1v) is 8.92. The van der Waals surface area contributed by atoms with Gasteiger partial charge < -0.3 is 5.73 Å². The number of nitrogens with zero attached hydrogens (tertiary/aromatic N) is 1. The number of hydrogen-bond acceptors (Lipinski definition) is 6. The average Bonchev–Trinajstić information content (AvgIpc) is 2.21. The van der Waals surface area contributed by atoms with Crippen LogP contribution in [0.1, 0.15) is 0 Å². The highest BCUT2D eigenvalue weighted by molar-refractivity contribution is 8.66. The van der Waals surface area contributed by atoms with Crippen LogP contribution in [0, 0.1) is 0 Å². The maximum absolute atomic E-state index is 12.0. The van der Waals surface area contributed by atoms with E-state index < -0.39 is 22.8 Å². The third-order valence-electron chi connectivity index (χ3n) is 1.90. The van der Waals surface area contributed by atoms with Crippen molar-refractivity contribution in [3.63, 3.8) is 0 Å². The largest absolute Gasteiger partial charge is 0.397 e. The molecule has 3 N–H and O–H groups in total. The molecule has 19 heavy (non-hydrogen) atoms. The zero-order chi connectivity index (χ0) is 15.0. The van der Waals surface area contributed by atoms with Crippen molar-refractivity contribution in [3.8, 4) is 0 Å². The molecule has 7 nitrogen and oxygen atoms in total. The third-order valence-corrected chi connectivity index (χ3v) is 7.19. The highest BCUT2D eigenvalue weighted by atomic mass is 35.5. The van der Waals surface area contributed by atoms with E-state index in [4.69, 9.17) is 28.9 Å². The van der Waals surface area contributed by atoms with Gasteiger partial charge in [0.05, 0.1) is 15.7 Å². The minimum atomic E-state index is -4.76. The van der Waals surface area contributed by atoms with Gasteiger partial charge in [-0.15, -0.1) is 4.83 Å². The zero-order valence-electron chi connectivity index (χ0n) is 9.88. The Bertz CT molecular complexity index is 701. The summed E-state index contributed by atoms with van der Waals surface area (Å²) in [6.07, 6.45) is 0. The fraction of sp³-hybridized carbons (Fsp3) is 0.250. The Balaban J connectivity index is 3.49. The Kier molecular flexibility index (Phi) is 4.71. The summed E-state index contributed by atoms with van der Waals surface area (Å²) in [6, 6.07) is 1.96. The van der Waals surface area contributed by atoms with Crippen LogP contribution in [0.25, 0.3) is 0 Å². The normalized spacial score (nSPS) is 12.9. The Morgan fingerprint density at radius 3 is 2.11 bits per heavy atom. The fourth-order valence-corrected chi connectivity index (χ4v) is 5.17. The number of nitrogens with one attached hydrogen (secondary N) is 1. The van der Waals surface area contributed by atoms with E-state index >= 15 is 0 Å². The minimum absolute atomic E-state index is 0.0450. The predicted molar refractivity (Wildman–Crippen MR) is 73.8 cm³/mol. The summed E-state index contributed by atoms with van der Waals surface area (Å²) in [7, 11) is -6.81. The monoisotopic (exact) mass is 347 g/mol. The van der Waals surface area contributed by atoms with Crippen LogP contribution in [0.4, 0.5) is 5.69 Å². The topological polar surface area (TPSA) is 110 Å². The summed E-state index contributed by atoms with van der Waals surface area (Å²) in [5.41, 5.74) is 5.48. The Morgan fingerprint density at radius 1 is 1.11 bits per heavy atom. The van der Waals surface area contributed by atoms with Crippen LogP contribution in [0.2, 0.25) is 10.0 Å². The predicted octanol–water partition coefficient (Wildman–Crippen LogP) is 0.660. The highest BCUT2D eigenvalue weighted by Crippen LogP contribution is 2.32. The number of hydrogen-bond donors (Lipinski definition) is 2. The van der Waals surface area contributed by atoms with Gasteiger partial charge in [-0.05, 0) is 12.1 Å². The molecular weight excluding hydrogens is 337 g/mol. The molecule has 0 aliphatic carbocycles. The van der Waals surface area contributed by atoms with E-state index in [-0.39, 0.29) is 15.7 Å². The van der Waals surface area contributed by atoms with Crippen molar-refractivity contribution in [2.24, 2.45) is 0 Å². The second-order valence-electron chi connectivity index (χ2n) is 3.70. The molecule has 0 bridgehead atoms. The number of rotatable bonds is 4. The first kappa shape index (κ1) is 16.5. The molecule has 0 fully saturated rings. The van der Waals surface area contributed by atoms with E-state index in [0.29, 0.717) is 0 Å². The number of hydrazine groups is 1. The second-order valence-corrected chi connectivity index (χ2v) is 9.58. The Labute approximate surface area is 120 Å². The molecule has 0 spiro atoms. The van der Waals surface area contributed by atoms with E-state index in [1.807, 2.05) is 0 Å². The van der Waals surface area contributed by atoms with Crippen molar-refractivity contribution in [2.45, 2.75) is 4.90 Å². The molecule has 0 saturated carbocycles. The number of halogens is 2. The second kappa shape index (κ2) is 5.43. The van der Waals surface area contributed by atoms with Crippen molar-refractivity contribution >= 4 is 46.8 Å². The summed E-state index contributed by atoms with van der Waals surface area (Å²) in [5.74, 6) is 0. The fourth-order valence-electron chi connectivity index (χ4n) is 1.13. The molecule has 0 unspecified atom stereocenters. The first-order valence-electron chi connectivity index (χ1n) is 4.68. The van der Waals surface area contributed by atoms with Gasteiger partial charge in [0, 0.05) is 14.1 Å². The molecule has 0 heterocycles. The molecule has 108 valence electrons. The van der Waals surface area contributed by atoms with E-state index in [1.54, 1.807) is 4.83 Å². The summed E-state index contributed by atoms with van der Waals surface area (Å²) in [5, 5.41) is 0.536. The lowest BCUT2D eigenvalue weighted by Crippen LogP contribution is -2.40. The molecule has 0 aliphatic heterocycles. The van der Waals surface area contributed by atoms with Gasteiger partial charge in [-0.1, -0.05) is 23.2 Å². The van der Waals surface area contributed by atoms with E-state index in [1.165, 1.54) is 14.1 Å². The summed E-state index contributed by atoms with van der Waals surface area (Å²) in [4.78, 5) is 1.17. The summed E-state index contributed by atoms with van der Waals surface area (Å²) < 4.78 is 47.5. The first-order chi connectivity index (χ1) is 8.49. The van der Waals surface area contributed by atoms with E-state index in [0.717, 1.165) is 17.1 Å².